The zero-order chi connectivity index (χ0) is 14.9. The van der Waals surface area contributed by atoms with E-state index < -0.39 is 11.3 Å². The van der Waals surface area contributed by atoms with Gasteiger partial charge in [0.1, 0.15) is 5.41 Å². The number of hydrogen-bond donors (Lipinski definition) is 2. The van der Waals surface area contributed by atoms with Crippen LogP contribution in [-0.2, 0) is 19.1 Å². The van der Waals surface area contributed by atoms with Crippen LogP contribution in [0.1, 0.15) is 38.5 Å². The molecule has 1 heterocycles. The van der Waals surface area contributed by atoms with Crippen molar-refractivity contribution in [1.29, 1.82) is 0 Å². The van der Waals surface area contributed by atoms with Gasteiger partial charge < -0.3 is 20.5 Å². The molecule has 0 aromatic rings. The maximum Gasteiger partial charge on any atom is 0.236 e. The van der Waals surface area contributed by atoms with Crippen molar-refractivity contribution >= 4 is 11.8 Å². The lowest BCUT2D eigenvalue weighted by molar-refractivity contribution is -0.138. The van der Waals surface area contributed by atoms with Crippen molar-refractivity contribution in [3.8, 4) is 0 Å². The van der Waals surface area contributed by atoms with E-state index in [1.165, 1.54) is 19.3 Å². The van der Waals surface area contributed by atoms with Crippen LogP contribution in [0.4, 0.5) is 0 Å². The Kier molecular flexibility index (Phi) is 4.17. The highest BCUT2D eigenvalue weighted by atomic mass is 16.5. The minimum absolute atomic E-state index is 0.0213. The van der Waals surface area contributed by atoms with Crippen molar-refractivity contribution in [3.05, 3.63) is 0 Å². The topological polar surface area (TPSA) is 90.7 Å². The summed E-state index contributed by atoms with van der Waals surface area (Å²) in [6, 6.07) is -0.178. The molecule has 0 unspecified atom stereocenters. The molecule has 1 saturated heterocycles. The molecule has 0 aromatic carbocycles. The Morgan fingerprint density at radius 2 is 2.05 bits per heavy atom. The molecule has 3 fully saturated rings. The number of rotatable bonds is 6. The van der Waals surface area contributed by atoms with Crippen molar-refractivity contribution in [2.45, 2.75) is 50.7 Å². The summed E-state index contributed by atoms with van der Waals surface area (Å²) in [7, 11) is 0. The van der Waals surface area contributed by atoms with E-state index in [9.17, 15) is 9.59 Å². The van der Waals surface area contributed by atoms with E-state index in [0.717, 1.165) is 13.0 Å². The van der Waals surface area contributed by atoms with E-state index in [1.807, 2.05) is 0 Å². The summed E-state index contributed by atoms with van der Waals surface area (Å²) in [6.07, 6.45) is 5.64. The molecular weight excluding hydrogens is 272 g/mol. The Morgan fingerprint density at radius 3 is 2.62 bits per heavy atom. The van der Waals surface area contributed by atoms with Crippen molar-refractivity contribution < 1.29 is 19.1 Å². The number of hydrogen-bond acceptors (Lipinski definition) is 4. The average Bonchev–Trinajstić information content (AvgIpc) is 3.20. The zero-order valence-electron chi connectivity index (χ0n) is 12.3. The molecule has 3 N–H and O–H groups in total. The highest BCUT2D eigenvalue weighted by Crippen LogP contribution is 2.45. The first-order valence-electron chi connectivity index (χ1n) is 7.92. The van der Waals surface area contributed by atoms with Gasteiger partial charge in [0, 0.05) is 13.2 Å². The number of carbonyl (C=O) groups excluding carboxylic acids is 2. The van der Waals surface area contributed by atoms with Crippen LogP contribution in [0, 0.1) is 11.3 Å². The van der Waals surface area contributed by atoms with Gasteiger partial charge in [0.05, 0.1) is 18.8 Å². The van der Waals surface area contributed by atoms with Crippen LogP contribution < -0.4 is 11.1 Å². The van der Waals surface area contributed by atoms with E-state index in [2.05, 4.69) is 5.32 Å². The molecule has 3 rings (SSSR count). The molecule has 0 bridgehead atoms. The second-order valence-electron chi connectivity index (χ2n) is 6.56. The van der Waals surface area contributed by atoms with Gasteiger partial charge in [-0.15, -0.1) is 0 Å². The summed E-state index contributed by atoms with van der Waals surface area (Å²) >= 11 is 0. The first kappa shape index (κ1) is 14.8. The molecule has 2 amide bonds. The third kappa shape index (κ3) is 3.06. The fourth-order valence-electron chi connectivity index (χ4n) is 2.99. The lowest BCUT2D eigenvalue weighted by Crippen LogP contribution is -2.54. The first-order valence-corrected chi connectivity index (χ1v) is 7.92. The van der Waals surface area contributed by atoms with E-state index >= 15 is 0 Å². The third-order valence-electron chi connectivity index (χ3n) is 5.04. The zero-order valence-corrected chi connectivity index (χ0v) is 12.3. The van der Waals surface area contributed by atoms with Crippen LogP contribution >= 0.6 is 0 Å². The molecule has 2 aliphatic carbocycles. The Morgan fingerprint density at radius 1 is 1.29 bits per heavy atom. The molecule has 2 atom stereocenters. The van der Waals surface area contributed by atoms with Crippen LogP contribution in [0.2, 0.25) is 0 Å². The van der Waals surface area contributed by atoms with Crippen molar-refractivity contribution in [2.24, 2.45) is 17.1 Å². The van der Waals surface area contributed by atoms with E-state index in [1.54, 1.807) is 0 Å². The van der Waals surface area contributed by atoms with Crippen molar-refractivity contribution in [2.75, 3.05) is 19.8 Å². The standard InChI is InChI=1S/C15H24N2O4/c16-13(18)15(5-6-15)14(19)17-11-9-20-7-4-12(11)21-8-10-2-1-3-10/h10-12H,1-9H2,(H2,16,18)(H,17,19)/t11-,12+/m1/s1. The normalized spacial score (nSPS) is 31.2. The average molecular weight is 296 g/mol. The summed E-state index contributed by atoms with van der Waals surface area (Å²) in [5.41, 5.74) is 4.36. The summed E-state index contributed by atoms with van der Waals surface area (Å²) in [5.74, 6) is -0.115. The summed E-state index contributed by atoms with van der Waals surface area (Å²) in [4.78, 5) is 23.7. The highest BCUT2D eigenvalue weighted by molar-refractivity contribution is 6.07. The third-order valence-corrected chi connectivity index (χ3v) is 5.04. The van der Waals surface area contributed by atoms with Gasteiger partial charge in [-0.3, -0.25) is 9.59 Å². The smallest absolute Gasteiger partial charge is 0.236 e. The molecule has 0 aromatic heterocycles. The minimum Gasteiger partial charge on any atom is -0.379 e. The Bertz CT molecular complexity index is 418. The summed E-state index contributed by atoms with van der Waals surface area (Å²) < 4.78 is 11.4. The molecule has 6 nitrogen and oxygen atoms in total. The number of ether oxygens (including phenoxy) is 2. The molecule has 1 aliphatic heterocycles. The monoisotopic (exact) mass is 296 g/mol. The predicted octanol–water partition coefficient (Wildman–Crippen LogP) is 0.342. The Hall–Kier alpha value is -1.14. The minimum atomic E-state index is -0.976. The van der Waals surface area contributed by atoms with Crippen LogP contribution in [0.5, 0.6) is 0 Å². The van der Waals surface area contributed by atoms with Gasteiger partial charge in [0.2, 0.25) is 11.8 Å². The molecular formula is C15H24N2O4. The molecule has 0 radical (unpaired) electrons. The molecule has 118 valence electrons. The molecule has 21 heavy (non-hydrogen) atoms. The van der Waals surface area contributed by atoms with Gasteiger partial charge >= 0.3 is 0 Å². The maximum absolute atomic E-state index is 12.3. The SMILES string of the molecule is NC(=O)C1(C(=O)N[C@@H]2COCC[C@@H]2OCC2CCC2)CC1. The molecule has 6 heteroatoms. The number of primary amides is 1. The predicted molar refractivity (Wildman–Crippen MR) is 75.3 cm³/mol. The number of nitrogens with one attached hydrogen (secondary N) is 1. The van der Waals surface area contributed by atoms with Crippen LogP contribution in [0.25, 0.3) is 0 Å². The van der Waals surface area contributed by atoms with Crippen LogP contribution in [0.15, 0.2) is 0 Å². The largest absolute Gasteiger partial charge is 0.379 e. The second-order valence-corrected chi connectivity index (χ2v) is 6.56. The van der Waals surface area contributed by atoms with E-state index in [-0.39, 0.29) is 18.1 Å². The Labute approximate surface area is 124 Å². The number of carbonyl (C=O) groups is 2. The molecule has 3 aliphatic rings. The van der Waals surface area contributed by atoms with E-state index in [0.29, 0.717) is 32.0 Å². The maximum atomic E-state index is 12.3. The summed E-state index contributed by atoms with van der Waals surface area (Å²) in [5, 5.41) is 2.92. The van der Waals surface area contributed by atoms with E-state index in [4.69, 9.17) is 15.2 Å². The second kappa shape index (κ2) is 5.93. The summed E-state index contributed by atoms with van der Waals surface area (Å²) in [6.45, 7) is 1.86. The Balaban J connectivity index is 1.53. The van der Waals surface area contributed by atoms with Gasteiger partial charge in [0.15, 0.2) is 0 Å². The highest BCUT2D eigenvalue weighted by Gasteiger charge is 2.56. The van der Waals surface area contributed by atoms with Gasteiger partial charge in [-0.2, -0.15) is 0 Å². The van der Waals surface area contributed by atoms with Gasteiger partial charge in [0.25, 0.3) is 0 Å². The fourth-order valence-corrected chi connectivity index (χ4v) is 2.99. The number of amides is 2. The molecule has 2 saturated carbocycles. The molecule has 0 spiro atoms. The quantitative estimate of drug-likeness (QED) is 0.692. The fraction of sp³-hybridized carbons (Fsp3) is 0.867. The van der Waals surface area contributed by atoms with Gasteiger partial charge in [-0.1, -0.05) is 6.42 Å². The lowest BCUT2D eigenvalue weighted by atomic mass is 9.86. The van der Waals surface area contributed by atoms with Crippen molar-refractivity contribution in [3.63, 3.8) is 0 Å². The van der Waals surface area contributed by atoms with Crippen molar-refractivity contribution in [1.82, 2.24) is 5.32 Å². The lowest BCUT2D eigenvalue weighted by Gasteiger charge is -2.35. The first-order chi connectivity index (χ1) is 10.1. The van der Waals surface area contributed by atoms with Crippen LogP contribution in [-0.4, -0.2) is 43.8 Å². The van der Waals surface area contributed by atoms with Gasteiger partial charge in [-0.05, 0) is 38.0 Å². The van der Waals surface area contributed by atoms with Crippen LogP contribution in [0.3, 0.4) is 0 Å². The number of nitrogens with two attached hydrogens (primary N) is 1. The van der Waals surface area contributed by atoms with Gasteiger partial charge in [-0.25, -0.2) is 0 Å².